The Morgan fingerprint density at radius 2 is 1.95 bits per heavy atom. The third-order valence-corrected chi connectivity index (χ3v) is 7.71. The standard InChI is InChI=1S/C26H23ClF2N4O3S/c27-18-6-2-1-4-15(18)16-5-3-7-19(23(16)29)31-26(36)21-10-14(28)11-33(21)22(34)13-32-12-17(25(30)35)24-20(32)8-9-37-24/h1-9,12,14,21,25,35H,10-11,13,30H2,(H,31,36)/t14-,21+,25?/m1/s1. The molecule has 37 heavy (non-hydrogen) atoms. The first-order valence-corrected chi connectivity index (χ1v) is 12.8. The average molecular weight is 545 g/mol. The number of aromatic nitrogens is 1. The molecule has 0 saturated carbocycles. The zero-order valence-corrected chi connectivity index (χ0v) is 21.0. The Morgan fingerprint density at radius 3 is 2.70 bits per heavy atom. The Morgan fingerprint density at radius 1 is 1.19 bits per heavy atom. The number of hydrogen-bond donors (Lipinski definition) is 3. The Balaban J connectivity index is 1.36. The molecule has 3 heterocycles. The third-order valence-electron chi connectivity index (χ3n) is 6.43. The third kappa shape index (κ3) is 4.85. The van der Waals surface area contributed by atoms with Crippen LogP contribution in [0.2, 0.25) is 5.02 Å². The van der Waals surface area contributed by atoms with Gasteiger partial charge in [-0.1, -0.05) is 41.9 Å². The van der Waals surface area contributed by atoms with Crippen LogP contribution in [0, 0.1) is 5.82 Å². The average Bonchev–Trinajstić information content (AvgIpc) is 3.57. The lowest BCUT2D eigenvalue weighted by molar-refractivity contribution is -0.137. The van der Waals surface area contributed by atoms with Gasteiger partial charge in [-0.05, 0) is 23.6 Å². The number of nitrogens with one attached hydrogen (secondary N) is 1. The van der Waals surface area contributed by atoms with E-state index in [1.54, 1.807) is 53.2 Å². The van der Waals surface area contributed by atoms with Crippen molar-refractivity contribution in [1.29, 1.82) is 0 Å². The lowest BCUT2D eigenvalue weighted by Crippen LogP contribution is -2.44. The van der Waals surface area contributed by atoms with Crippen LogP contribution >= 0.6 is 22.9 Å². The van der Waals surface area contributed by atoms with Gasteiger partial charge in [-0.2, -0.15) is 0 Å². The maximum Gasteiger partial charge on any atom is 0.247 e. The maximum absolute atomic E-state index is 15.3. The molecule has 0 radical (unpaired) electrons. The predicted molar refractivity (Wildman–Crippen MR) is 139 cm³/mol. The molecule has 7 nitrogen and oxygen atoms in total. The fraction of sp³-hybridized carbons (Fsp3) is 0.231. The smallest absolute Gasteiger partial charge is 0.247 e. The van der Waals surface area contributed by atoms with Crippen molar-refractivity contribution in [3.63, 3.8) is 0 Å². The molecule has 4 aromatic rings. The van der Waals surface area contributed by atoms with E-state index in [1.807, 2.05) is 5.38 Å². The molecule has 0 bridgehead atoms. The van der Waals surface area contributed by atoms with Crippen molar-refractivity contribution in [2.24, 2.45) is 5.73 Å². The highest BCUT2D eigenvalue weighted by atomic mass is 35.5. The first kappa shape index (κ1) is 25.3. The van der Waals surface area contributed by atoms with Gasteiger partial charge in [-0.3, -0.25) is 9.59 Å². The molecule has 1 saturated heterocycles. The molecule has 5 rings (SSSR count). The van der Waals surface area contributed by atoms with Gasteiger partial charge in [-0.15, -0.1) is 11.3 Å². The molecule has 3 atom stereocenters. The van der Waals surface area contributed by atoms with Crippen molar-refractivity contribution in [2.45, 2.75) is 31.4 Å². The highest BCUT2D eigenvalue weighted by molar-refractivity contribution is 7.17. The summed E-state index contributed by atoms with van der Waals surface area (Å²) in [5.41, 5.74) is 7.40. The van der Waals surface area contributed by atoms with Gasteiger partial charge in [0, 0.05) is 34.3 Å². The number of anilines is 1. The number of aliphatic hydroxyl groups excluding tert-OH is 1. The fourth-order valence-electron chi connectivity index (χ4n) is 4.66. The van der Waals surface area contributed by atoms with Gasteiger partial charge in [-0.25, -0.2) is 8.78 Å². The largest absolute Gasteiger partial charge is 0.374 e. The maximum atomic E-state index is 15.3. The summed E-state index contributed by atoms with van der Waals surface area (Å²) < 4.78 is 32.1. The molecule has 2 amide bonds. The zero-order valence-electron chi connectivity index (χ0n) is 19.4. The number of benzene rings is 2. The second-order valence-electron chi connectivity index (χ2n) is 8.82. The molecule has 4 N–H and O–H groups in total. The van der Waals surface area contributed by atoms with Gasteiger partial charge in [0.1, 0.15) is 25.0 Å². The molecule has 2 aromatic carbocycles. The van der Waals surface area contributed by atoms with E-state index in [1.165, 1.54) is 22.3 Å². The van der Waals surface area contributed by atoms with Crippen LogP contribution < -0.4 is 11.1 Å². The molecule has 1 aliphatic rings. The van der Waals surface area contributed by atoms with Crippen molar-refractivity contribution in [1.82, 2.24) is 9.47 Å². The second kappa shape index (κ2) is 10.2. The van der Waals surface area contributed by atoms with Crippen molar-refractivity contribution >= 4 is 50.7 Å². The van der Waals surface area contributed by atoms with Crippen LogP contribution in [0.4, 0.5) is 14.5 Å². The summed E-state index contributed by atoms with van der Waals surface area (Å²) in [6, 6.07) is 12.0. The number of nitrogens with zero attached hydrogens (tertiary/aromatic N) is 2. The van der Waals surface area contributed by atoms with E-state index < -0.39 is 36.1 Å². The van der Waals surface area contributed by atoms with Gasteiger partial charge in [0.05, 0.1) is 22.4 Å². The molecule has 1 fully saturated rings. The number of hydrogen-bond acceptors (Lipinski definition) is 5. The SMILES string of the molecule is NC(O)c1cn(CC(=O)N2C[C@H](F)C[C@H]2C(=O)Nc2cccc(-c3ccccc3Cl)c2F)c2ccsc12. The molecular weight excluding hydrogens is 522 g/mol. The van der Waals surface area contributed by atoms with E-state index in [0.717, 1.165) is 4.70 Å². The van der Waals surface area contributed by atoms with Gasteiger partial charge in [0.15, 0.2) is 5.82 Å². The molecule has 11 heteroatoms. The second-order valence-corrected chi connectivity index (χ2v) is 10.1. The Hall–Kier alpha value is -3.31. The van der Waals surface area contributed by atoms with Crippen LogP contribution in [0.15, 0.2) is 60.1 Å². The fourth-order valence-corrected chi connectivity index (χ4v) is 5.85. The predicted octanol–water partition coefficient (Wildman–Crippen LogP) is 4.69. The lowest BCUT2D eigenvalue weighted by atomic mass is 10.0. The summed E-state index contributed by atoms with van der Waals surface area (Å²) in [6.07, 6.45) is -1.23. The normalized spacial score (nSPS) is 18.4. The summed E-state index contributed by atoms with van der Waals surface area (Å²) in [4.78, 5) is 27.5. The highest BCUT2D eigenvalue weighted by Crippen LogP contribution is 2.34. The number of thiophene rings is 1. The summed E-state index contributed by atoms with van der Waals surface area (Å²) in [6.45, 7) is -0.424. The minimum absolute atomic E-state index is 0.0934. The molecule has 192 valence electrons. The highest BCUT2D eigenvalue weighted by Gasteiger charge is 2.40. The van der Waals surface area contributed by atoms with Crippen LogP contribution in [-0.2, 0) is 16.1 Å². The number of carbonyl (C=O) groups is 2. The summed E-state index contributed by atoms with van der Waals surface area (Å²) in [5.74, 6) is -1.85. The lowest BCUT2D eigenvalue weighted by Gasteiger charge is -2.24. The summed E-state index contributed by atoms with van der Waals surface area (Å²) in [7, 11) is 0. The molecule has 1 aliphatic heterocycles. The quantitative estimate of drug-likeness (QED) is 0.307. The first-order valence-electron chi connectivity index (χ1n) is 11.5. The number of likely N-dealkylation sites (tertiary alicyclic amines) is 1. The van der Waals surface area contributed by atoms with Crippen LogP contribution in [0.5, 0.6) is 0 Å². The van der Waals surface area contributed by atoms with Crippen LogP contribution in [0.25, 0.3) is 21.3 Å². The van der Waals surface area contributed by atoms with Gasteiger partial charge in [0.2, 0.25) is 11.8 Å². The van der Waals surface area contributed by atoms with Crippen LogP contribution in [0.1, 0.15) is 18.2 Å². The van der Waals surface area contributed by atoms with Crippen molar-refractivity contribution < 1.29 is 23.5 Å². The zero-order chi connectivity index (χ0) is 26.3. The van der Waals surface area contributed by atoms with Crippen LogP contribution in [0.3, 0.4) is 0 Å². The number of carbonyl (C=O) groups excluding carboxylic acids is 2. The minimum Gasteiger partial charge on any atom is -0.374 e. The molecule has 2 aromatic heterocycles. The number of alkyl halides is 1. The molecule has 1 unspecified atom stereocenters. The topological polar surface area (TPSA) is 101 Å². The van der Waals surface area contributed by atoms with E-state index in [9.17, 15) is 19.1 Å². The van der Waals surface area contributed by atoms with Crippen molar-refractivity contribution in [3.8, 4) is 11.1 Å². The summed E-state index contributed by atoms with van der Waals surface area (Å²) >= 11 is 7.59. The summed E-state index contributed by atoms with van der Waals surface area (Å²) in [5, 5.41) is 14.5. The van der Waals surface area contributed by atoms with Gasteiger partial charge < -0.3 is 25.6 Å². The molecule has 0 aliphatic carbocycles. The number of nitrogens with two attached hydrogens (primary N) is 1. The molecule has 0 spiro atoms. The Kier molecular flexibility index (Phi) is 7.00. The van der Waals surface area contributed by atoms with Gasteiger partial charge >= 0.3 is 0 Å². The van der Waals surface area contributed by atoms with E-state index in [0.29, 0.717) is 21.7 Å². The number of fused-ring (bicyclic) bond motifs is 1. The number of rotatable bonds is 6. The Bertz CT molecular complexity index is 1490. The van der Waals surface area contributed by atoms with E-state index in [2.05, 4.69) is 5.32 Å². The molecular formula is C26H23ClF2N4O3S. The van der Waals surface area contributed by atoms with Gasteiger partial charge in [0.25, 0.3) is 0 Å². The number of aliphatic hydroxyl groups is 1. The van der Waals surface area contributed by atoms with E-state index >= 15 is 4.39 Å². The first-order chi connectivity index (χ1) is 17.7. The number of halogens is 3. The number of amides is 2. The van der Waals surface area contributed by atoms with E-state index in [4.69, 9.17) is 17.3 Å². The van der Waals surface area contributed by atoms with Crippen LogP contribution in [-0.4, -0.2) is 45.1 Å². The van der Waals surface area contributed by atoms with E-state index in [-0.39, 0.29) is 30.8 Å². The monoisotopic (exact) mass is 544 g/mol. The van der Waals surface area contributed by atoms with Crippen molar-refractivity contribution in [2.75, 3.05) is 11.9 Å². The Labute approximate surface area is 220 Å². The van der Waals surface area contributed by atoms with Crippen molar-refractivity contribution in [3.05, 3.63) is 76.5 Å². The minimum atomic E-state index is -1.40.